The molecule has 1 aliphatic heterocycles. The topological polar surface area (TPSA) is 66.5 Å². The molecule has 0 aromatic carbocycles. The fourth-order valence-corrected chi connectivity index (χ4v) is 2.42. The van der Waals surface area contributed by atoms with E-state index in [0.717, 1.165) is 25.6 Å². The maximum atomic E-state index is 5.10. The van der Waals surface area contributed by atoms with Crippen molar-refractivity contribution in [3.05, 3.63) is 11.7 Å². The molecule has 2 heterocycles. The van der Waals surface area contributed by atoms with Gasteiger partial charge in [0.25, 0.3) is 0 Å². The van der Waals surface area contributed by atoms with Crippen LogP contribution in [0.5, 0.6) is 0 Å². The van der Waals surface area contributed by atoms with Gasteiger partial charge in [0.15, 0.2) is 11.8 Å². The van der Waals surface area contributed by atoms with Crippen molar-refractivity contribution in [3.63, 3.8) is 0 Å². The van der Waals surface area contributed by atoms with Gasteiger partial charge in [-0.15, -0.1) is 24.0 Å². The average molecular weight is 407 g/mol. The first-order chi connectivity index (χ1) is 9.50. The lowest BCUT2D eigenvalue weighted by atomic mass is 9.93. The van der Waals surface area contributed by atoms with Crippen molar-refractivity contribution < 1.29 is 4.52 Å². The van der Waals surface area contributed by atoms with Crippen LogP contribution in [0.4, 0.5) is 0 Å². The SMILES string of the molecule is CCNC(=NCCc1nc(C)no1)N1CCC(C)(C)C1.I. The molecule has 0 saturated carbocycles. The molecule has 0 aliphatic carbocycles. The van der Waals surface area contributed by atoms with E-state index in [9.17, 15) is 0 Å². The summed E-state index contributed by atoms with van der Waals surface area (Å²) >= 11 is 0. The highest BCUT2D eigenvalue weighted by Gasteiger charge is 2.30. The second-order valence-electron chi connectivity index (χ2n) is 6.06. The molecule has 1 saturated heterocycles. The summed E-state index contributed by atoms with van der Waals surface area (Å²) in [7, 11) is 0. The van der Waals surface area contributed by atoms with Crippen LogP contribution in [0.25, 0.3) is 0 Å². The first-order valence-corrected chi connectivity index (χ1v) is 7.32. The first-order valence-electron chi connectivity index (χ1n) is 7.32. The monoisotopic (exact) mass is 407 g/mol. The summed E-state index contributed by atoms with van der Waals surface area (Å²) < 4.78 is 5.10. The molecule has 7 heteroatoms. The van der Waals surface area contributed by atoms with Crippen LogP contribution in [0, 0.1) is 12.3 Å². The van der Waals surface area contributed by atoms with E-state index in [1.54, 1.807) is 0 Å². The van der Waals surface area contributed by atoms with E-state index in [0.29, 0.717) is 30.1 Å². The number of likely N-dealkylation sites (tertiary alicyclic amines) is 1. The molecule has 0 spiro atoms. The standard InChI is InChI=1S/C14H25N5O.HI/c1-5-15-13(19-9-7-14(3,4)10-19)16-8-6-12-17-11(2)18-20-12;/h5-10H2,1-4H3,(H,15,16);1H. The molecule has 1 N–H and O–H groups in total. The minimum atomic E-state index is 0. The molecular formula is C14H26IN5O. The minimum absolute atomic E-state index is 0. The second kappa shape index (κ2) is 7.95. The maximum absolute atomic E-state index is 5.10. The van der Waals surface area contributed by atoms with Crippen LogP contribution in [0.2, 0.25) is 0 Å². The number of nitrogens with zero attached hydrogens (tertiary/aromatic N) is 4. The Labute approximate surface area is 143 Å². The molecule has 0 amide bonds. The molecule has 6 nitrogen and oxygen atoms in total. The Morgan fingerprint density at radius 1 is 1.48 bits per heavy atom. The van der Waals surface area contributed by atoms with Gasteiger partial charge in [0.1, 0.15) is 0 Å². The molecule has 0 atom stereocenters. The van der Waals surface area contributed by atoms with Gasteiger partial charge in [0.2, 0.25) is 5.89 Å². The Balaban J connectivity index is 0.00000220. The van der Waals surface area contributed by atoms with E-state index in [1.807, 2.05) is 6.92 Å². The minimum Gasteiger partial charge on any atom is -0.357 e. The second-order valence-corrected chi connectivity index (χ2v) is 6.06. The zero-order chi connectivity index (χ0) is 14.6. The molecule has 1 aliphatic rings. The van der Waals surface area contributed by atoms with Gasteiger partial charge in [0, 0.05) is 26.1 Å². The number of aromatic nitrogens is 2. The molecule has 21 heavy (non-hydrogen) atoms. The Kier molecular flexibility index (Phi) is 6.89. The zero-order valence-corrected chi connectivity index (χ0v) is 15.7. The predicted octanol–water partition coefficient (Wildman–Crippen LogP) is 2.24. The fourth-order valence-electron chi connectivity index (χ4n) is 2.42. The summed E-state index contributed by atoms with van der Waals surface area (Å²) in [5.41, 5.74) is 0.375. The molecule has 1 aromatic heterocycles. The van der Waals surface area contributed by atoms with Crippen molar-refractivity contribution in [2.24, 2.45) is 10.4 Å². The van der Waals surface area contributed by atoms with E-state index in [1.165, 1.54) is 6.42 Å². The van der Waals surface area contributed by atoms with Crippen LogP contribution < -0.4 is 5.32 Å². The van der Waals surface area contributed by atoms with E-state index in [-0.39, 0.29) is 24.0 Å². The number of guanidine groups is 1. The molecule has 0 bridgehead atoms. The smallest absolute Gasteiger partial charge is 0.228 e. The van der Waals surface area contributed by atoms with Gasteiger partial charge in [-0.05, 0) is 25.7 Å². The van der Waals surface area contributed by atoms with Gasteiger partial charge in [-0.2, -0.15) is 4.98 Å². The van der Waals surface area contributed by atoms with Crippen LogP contribution in [0.3, 0.4) is 0 Å². The van der Waals surface area contributed by atoms with E-state index in [2.05, 4.69) is 46.1 Å². The highest BCUT2D eigenvalue weighted by atomic mass is 127. The molecular weight excluding hydrogens is 381 g/mol. The molecule has 1 fully saturated rings. The third kappa shape index (κ3) is 5.44. The van der Waals surface area contributed by atoms with Crippen molar-refractivity contribution >= 4 is 29.9 Å². The van der Waals surface area contributed by atoms with Crippen LogP contribution in [-0.2, 0) is 6.42 Å². The number of hydrogen-bond acceptors (Lipinski definition) is 4. The highest BCUT2D eigenvalue weighted by molar-refractivity contribution is 14.0. The summed E-state index contributed by atoms with van der Waals surface area (Å²) in [6, 6.07) is 0. The summed E-state index contributed by atoms with van der Waals surface area (Å²) in [5, 5.41) is 7.15. The molecule has 0 unspecified atom stereocenters. The molecule has 1 aromatic rings. The zero-order valence-electron chi connectivity index (χ0n) is 13.3. The van der Waals surface area contributed by atoms with Crippen molar-refractivity contribution in [1.29, 1.82) is 0 Å². The lowest BCUT2D eigenvalue weighted by Crippen LogP contribution is -2.40. The third-order valence-electron chi connectivity index (χ3n) is 3.47. The highest BCUT2D eigenvalue weighted by Crippen LogP contribution is 2.28. The quantitative estimate of drug-likeness (QED) is 0.471. The summed E-state index contributed by atoms with van der Waals surface area (Å²) in [6.07, 6.45) is 1.90. The van der Waals surface area contributed by atoms with Crippen molar-refractivity contribution in [3.8, 4) is 0 Å². The van der Waals surface area contributed by atoms with Crippen molar-refractivity contribution in [1.82, 2.24) is 20.4 Å². The van der Waals surface area contributed by atoms with Gasteiger partial charge in [-0.1, -0.05) is 19.0 Å². The fraction of sp³-hybridized carbons (Fsp3) is 0.786. The lowest BCUT2D eigenvalue weighted by Gasteiger charge is -2.23. The number of aryl methyl sites for hydroxylation is 1. The predicted molar refractivity (Wildman–Crippen MR) is 94.1 cm³/mol. The Hall–Kier alpha value is -0.860. The van der Waals surface area contributed by atoms with E-state index < -0.39 is 0 Å². The molecule has 2 rings (SSSR count). The van der Waals surface area contributed by atoms with Gasteiger partial charge >= 0.3 is 0 Å². The summed E-state index contributed by atoms with van der Waals surface area (Å²) in [6.45, 7) is 12.2. The first kappa shape index (κ1) is 18.2. The Morgan fingerprint density at radius 3 is 2.76 bits per heavy atom. The van der Waals surface area contributed by atoms with Crippen molar-refractivity contribution in [2.45, 2.75) is 40.5 Å². The van der Waals surface area contributed by atoms with Crippen LogP contribution in [0.1, 0.15) is 38.9 Å². The largest absolute Gasteiger partial charge is 0.357 e. The Bertz CT molecular complexity index is 472. The summed E-state index contributed by atoms with van der Waals surface area (Å²) in [5.74, 6) is 2.33. The third-order valence-corrected chi connectivity index (χ3v) is 3.47. The van der Waals surface area contributed by atoms with Gasteiger partial charge in [-0.25, -0.2) is 0 Å². The average Bonchev–Trinajstić information content (AvgIpc) is 2.94. The maximum Gasteiger partial charge on any atom is 0.228 e. The molecule has 0 radical (unpaired) electrons. The van der Waals surface area contributed by atoms with E-state index >= 15 is 0 Å². The number of rotatable bonds is 4. The number of hydrogen-bond donors (Lipinski definition) is 1. The molecule has 120 valence electrons. The lowest BCUT2D eigenvalue weighted by molar-refractivity contribution is 0.368. The number of halogens is 1. The van der Waals surface area contributed by atoms with Gasteiger partial charge in [-0.3, -0.25) is 4.99 Å². The number of nitrogens with one attached hydrogen (secondary N) is 1. The van der Waals surface area contributed by atoms with Crippen molar-refractivity contribution in [2.75, 3.05) is 26.2 Å². The van der Waals surface area contributed by atoms with Crippen LogP contribution in [0.15, 0.2) is 9.52 Å². The van der Waals surface area contributed by atoms with Crippen LogP contribution in [-0.4, -0.2) is 47.2 Å². The van der Waals surface area contributed by atoms with Gasteiger partial charge < -0.3 is 14.7 Å². The number of aliphatic imine (C=N–C) groups is 1. The van der Waals surface area contributed by atoms with Crippen LogP contribution >= 0.6 is 24.0 Å². The summed E-state index contributed by atoms with van der Waals surface area (Å²) in [4.78, 5) is 11.2. The van der Waals surface area contributed by atoms with Gasteiger partial charge in [0.05, 0.1) is 6.54 Å². The Morgan fingerprint density at radius 2 is 2.24 bits per heavy atom. The normalized spacial score (nSPS) is 17.7. The van der Waals surface area contributed by atoms with E-state index in [4.69, 9.17) is 4.52 Å².